The Labute approximate surface area is 209 Å². The number of unbranched alkanes of at least 4 members (excludes halogenated alkanes) is 12. The molecule has 0 heterocycles. The molecule has 9 heteroatoms. The van der Waals surface area contributed by atoms with Crippen LogP contribution in [0.1, 0.15) is 96.8 Å². The molecule has 0 fully saturated rings. The lowest BCUT2D eigenvalue weighted by Crippen LogP contribution is -2.37. The zero-order chi connectivity index (χ0) is 25.7. The van der Waals surface area contributed by atoms with Gasteiger partial charge in [-0.15, -0.1) is 0 Å². The number of hydrogen-bond acceptors (Lipinski definition) is 5. The van der Waals surface area contributed by atoms with E-state index in [0.29, 0.717) is 17.4 Å². The predicted molar refractivity (Wildman–Crippen MR) is 139 cm³/mol. The molecule has 8 nitrogen and oxygen atoms in total. The van der Waals surface area contributed by atoms with Crippen molar-refractivity contribution in [1.82, 2.24) is 5.32 Å². The molecule has 0 saturated carbocycles. The van der Waals surface area contributed by atoms with E-state index in [1.807, 2.05) is 21.1 Å². The first-order chi connectivity index (χ1) is 16.1. The molecule has 0 aromatic rings. The van der Waals surface area contributed by atoms with Crippen LogP contribution in [0.4, 0.5) is 0 Å². The zero-order valence-corrected chi connectivity index (χ0v) is 23.6. The Morgan fingerprint density at radius 3 is 1.85 bits per heavy atom. The third-order valence-electron chi connectivity index (χ3n) is 5.81. The predicted octanol–water partition coefficient (Wildman–Crippen LogP) is 5.44. The Kier molecular flexibility index (Phi) is 20.4. The summed E-state index contributed by atoms with van der Waals surface area (Å²) in [7, 11) is 3.24. The van der Waals surface area contributed by atoms with Crippen molar-refractivity contribution in [1.29, 1.82) is 0 Å². The van der Waals surface area contributed by atoms with E-state index in [2.05, 4.69) is 12.2 Å². The summed E-state index contributed by atoms with van der Waals surface area (Å²) in [5.74, 6) is -0.0310. The van der Waals surface area contributed by atoms with Crippen LogP contribution < -0.4 is 5.32 Å². The highest BCUT2D eigenvalue weighted by atomic mass is 31.2. The van der Waals surface area contributed by atoms with E-state index in [-0.39, 0.29) is 25.7 Å². The van der Waals surface area contributed by atoms with Gasteiger partial charge in [-0.05, 0) is 6.42 Å². The number of quaternary nitrogens is 1. The van der Waals surface area contributed by atoms with Crippen LogP contribution in [0.3, 0.4) is 0 Å². The molecule has 0 aliphatic carbocycles. The molecule has 204 valence electrons. The summed E-state index contributed by atoms with van der Waals surface area (Å²) in [5.41, 5.74) is 0. The van der Waals surface area contributed by atoms with E-state index in [1.165, 1.54) is 77.7 Å². The number of rotatable bonds is 24. The van der Waals surface area contributed by atoms with Crippen molar-refractivity contribution in [3.63, 3.8) is 0 Å². The normalized spacial score (nSPS) is 14.6. The van der Waals surface area contributed by atoms with Crippen LogP contribution >= 0.6 is 7.82 Å². The molecule has 2 N–H and O–H groups in total. The highest BCUT2D eigenvalue weighted by molar-refractivity contribution is 7.47. The Morgan fingerprint density at radius 1 is 0.882 bits per heavy atom. The minimum Gasteiger partial charge on any atom is -0.377 e. The highest BCUT2D eigenvalue weighted by Crippen LogP contribution is 2.43. The third-order valence-corrected chi connectivity index (χ3v) is 6.79. The Bertz CT molecular complexity index is 542. The van der Waals surface area contributed by atoms with Crippen LogP contribution in [-0.4, -0.2) is 75.9 Å². The molecule has 0 radical (unpaired) electrons. The topological polar surface area (TPSA) is 94.1 Å². The summed E-state index contributed by atoms with van der Waals surface area (Å²) in [6.45, 7) is 3.05. The van der Waals surface area contributed by atoms with Gasteiger partial charge in [0.1, 0.15) is 13.2 Å². The molecule has 0 bridgehead atoms. The fourth-order valence-corrected chi connectivity index (χ4v) is 4.22. The quantitative estimate of drug-likeness (QED) is 0.102. The number of hydrogen-bond donors (Lipinski definition) is 2. The molecular weight excluding hydrogens is 455 g/mol. The van der Waals surface area contributed by atoms with Crippen LogP contribution in [0.25, 0.3) is 0 Å². The van der Waals surface area contributed by atoms with Crippen molar-refractivity contribution >= 4 is 13.7 Å². The Balaban J connectivity index is 3.71. The molecule has 1 amide bonds. The number of phosphoric ester groups is 1. The molecular formula is C25H54N2O6P+. The molecule has 0 aliphatic rings. The van der Waals surface area contributed by atoms with Gasteiger partial charge in [0.05, 0.1) is 33.9 Å². The molecule has 0 aromatic heterocycles. The second-order valence-electron chi connectivity index (χ2n) is 10.3. The van der Waals surface area contributed by atoms with Crippen molar-refractivity contribution < 1.29 is 32.5 Å². The number of nitrogens with one attached hydrogen (secondary N) is 1. The van der Waals surface area contributed by atoms with Gasteiger partial charge in [-0.2, -0.15) is 0 Å². The van der Waals surface area contributed by atoms with Gasteiger partial charge < -0.3 is 19.4 Å². The maximum Gasteiger partial charge on any atom is 0.472 e. The second-order valence-corrected chi connectivity index (χ2v) is 11.7. The molecule has 0 aromatic carbocycles. The monoisotopic (exact) mass is 509 g/mol. The molecule has 1 unspecified atom stereocenters. The maximum atomic E-state index is 12.1. The average molecular weight is 510 g/mol. The van der Waals surface area contributed by atoms with Crippen molar-refractivity contribution in [2.24, 2.45) is 0 Å². The van der Waals surface area contributed by atoms with Crippen LogP contribution in [0.15, 0.2) is 0 Å². The van der Waals surface area contributed by atoms with Gasteiger partial charge in [-0.25, -0.2) is 4.57 Å². The van der Waals surface area contributed by atoms with E-state index in [4.69, 9.17) is 13.8 Å². The van der Waals surface area contributed by atoms with Gasteiger partial charge in [0.2, 0.25) is 5.91 Å². The number of methoxy groups -OCH3 is 1. The first-order valence-electron chi connectivity index (χ1n) is 13.3. The van der Waals surface area contributed by atoms with Crippen LogP contribution in [0.2, 0.25) is 0 Å². The summed E-state index contributed by atoms with van der Waals surface area (Å²) in [4.78, 5) is 21.8. The third kappa shape index (κ3) is 23.3. The lowest BCUT2D eigenvalue weighted by molar-refractivity contribution is -0.870. The first kappa shape index (κ1) is 33.5. The molecule has 0 rings (SSSR count). The van der Waals surface area contributed by atoms with E-state index in [9.17, 15) is 14.3 Å². The number of likely N-dealkylation sites (N-methyl/N-ethyl adjacent to an activating group) is 1. The van der Waals surface area contributed by atoms with Crippen LogP contribution in [-0.2, 0) is 23.1 Å². The summed E-state index contributed by atoms with van der Waals surface area (Å²) >= 11 is 0. The average Bonchev–Trinajstić information content (AvgIpc) is 2.76. The fraction of sp³-hybridized carbons (Fsp3) is 0.960. The molecule has 0 aliphatic heterocycles. The highest BCUT2D eigenvalue weighted by Gasteiger charge is 2.24. The van der Waals surface area contributed by atoms with Crippen LogP contribution in [0.5, 0.6) is 0 Å². The summed E-state index contributed by atoms with van der Waals surface area (Å²) < 4.78 is 27.8. The SMILES string of the molecule is CCCCCCCCCCCCCCCC(=O)NC[C@@H](COP(=O)(O)OCC[N+](C)(C)C)OC. The second kappa shape index (κ2) is 20.7. The largest absolute Gasteiger partial charge is 0.472 e. The Hall–Kier alpha value is -0.500. The van der Waals surface area contributed by atoms with Gasteiger partial charge >= 0.3 is 7.82 Å². The van der Waals surface area contributed by atoms with E-state index >= 15 is 0 Å². The Morgan fingerprint density at radius 2 is 1.38 bits per heavy atom. The summed E-state index contributed by atoms with van der Waals surface area (Å²) in [5, 5.41) is 2.82. The van der Waals surface area contributed by atoms with Gasteiger partial charge in [-0.1, -0.05) is 84.0 Å². The smallest absolute Gasteiger partial charge is 0.377 e. The fourth-order valence-electron chi connectivity index (χ4n) is 3.47. The zero-order valence-electron chi connectivity index (χ0n) is 22.7. The van der Waals surface area contributed by atoms with Gasteiger partial charge in [0, 0.05) is 20.1 Å². The minimum absolute atomic E-state index is 0.0310. The number of carbonyl (C=O) groups excluding carboxylic acids is 1. The van der Waals surface area contributed by atoms with Gasteiger partial charge in [-0.3, -0.25) is 13.8 Å². The first-order valence-corrected chi connectivity index (χ1v) is 14.8. The van der Waals surface area contributed by atoms with E-state index < -0.39 is 13.9 Å². The number of phosphoric acid groups is 1. The standard InChI is InChI=1S/C25H53N2O6P/c1-6-7-8-9-10-11-12-13-14-15-16-17-18-19-25(28)26-22-24(31-5)23-33-34(29,30)32-21-20-27(2,3)4/h24H,6-23H2,1-5H3,(H-,26,28,29,30)/p+1/t24-/m0/s1. The molecule has 2 atom stereocenters. The lowest BCUT2D eigenvalue weighted by Gasteiger charge is -2.24. The molecule has 0 spiro atoms. The number of nitrogens with zero attached hydrogens (tertiary/aromatic N) is 1. The number of carbonyl (C=O) groups is 1. The maximum absolute atomic E-state index is 12.1. The van der Waals surface area contributed by atoms with Gasteiger partial charge in [0.15, 0.2) is 0 Å². The van der Waals surface area contributed by atoms with Crippen molar-refractivity contribution in [3.8, 4) is 0 Å². The van der Waals surface area contributed by atoms with Crippen molar-refractivity contribution in [2.75, 3.05) is 54.6 Å². The molecule has 0 saturated heterocycles. The van der Waals surface area contributed by atoms with E-state index in [0.717, 1.165) is 12.8 Å². The number of amides is 1. The lowest BCUT2D eigenvalue weighted by atomic mass is 10.0. The molecule has 34 heavy (non-hydrogen) atoms. The van der Waals surface area contributed by atoms with Crippen LogP contribution in [0, 0.1) is 0 Å². The van der Waals surface area contributed by atoms with Gasteiger partial charge in [0.25, 0.3) is 0 Å². The van der Waals surface area contributed by atoms with E-state index in [1.54, 1.807) is 0 Å². The summed E-state index contributed by atoms with van der Waals surface area (Å²) in [6.07, 6.45) is 16.5. The summed E-state index contributed by atoms with van der Waals surface area (Å²) in [6, 6.07) is 0. The van der Waals surface area contributed by atoms with Crippen molar-refractivity contribution in [2.45, 2.75) is 103 Å². The number of ether oxygens (including phenoxy) is 1. The van der Waals surface area contributed by atoms with Crippen molar-refractivity contribution in [3.05, 3.63) is 0 Å². The minimum atomic E-state index is -4.14.